The number of fused-ring (bicyclic) bond motifs is 1. The Morgan fingerprint density at radius 3 is 2.60 bits per heavy atom. The van der Waals surface area contributed by atoms with Crippen molar-refractivity contribution in [3.63, 3.8) is 0 Å². The normalized spacial score (nSPS) is 15.1. The van der Waals surface area contributed by atoms with Gasteiger partial charge in [-0.25, -0.2) is 0 Å². The van der Waals surface area contributed by atoms with Gasteiger partial charge in [-0.3, -0.25) is 0 Å². The Balaban J connectivity index is 1.96. The molecule has 3 rings (SSSR count). The van der Waals surface area contributed by atoms with Crippen LogP contribution in [0, 0.1) is 0 Å². The predicted molar refractivity (Wildman–Crippen MR) is 84.5 cm³/mol. The monoisotopic (exact) mass is 263 g/mol. The number of phenols is 1. The van der Waals surface area contributed by atoms with Crippen molar-refractivity contribution >= 4 is 16.8 Å². The Kier molecular flexibility index (Phi) is 3.30. The molecule has 0 aromatic heterocycles. The van der Waals surface area contributed by atoms with E-state index in [1.54, 1.807) is 6.07 Å². The van der Waals surface area contributed by atoms with Crippen molar-refractivity contribution in [3.8, 4) is 5.75 Å². The first-order valence-corrected chi connectivity index (χ1v) is 6.71. The van der Waals surface area contributed by atoms with E-state index in [-0.39, 0.29) is 0 Å². The van der Waals surface area contributed by atoms with Crippen LogP contribution in [0.3, 0.4) is 0 Å². The lowest BCUT2D eigenvalue weighted by molar-refractivity contribution is 0.481. The molecule has 2 nitrogen and oxygen atoms in total. The zero-order valence-corrected chi connectivity index (χ0v) is 11.5. The Morgan fingerprint density at radius 2 is 1.85 bits per heavy atom. The fraction of sp³-hybridized carbons (Fsp3) is 0.111. The highest BCUT2D eigenvalue weighted by Crippen LogP contribution is 2.28. The molecule has 2 heteroatoms. The molecule has 0 radical (unpaired) electrons. The van der Waals surface area contributed by atoms with Gasteiger partial charge >= 0.3 is 0 Å². The number of allylic oxidation sites excluding steroid dienone is 3. The van der Waals surface area contributed by atoms with E-state index >= 15 is 0 Å². The molecule has 0 fully saturated rings. The zero-order valence-electron chi connectivity index (χ0n) is 11.5. The molecule has 0 atom stereocenters. The van der Waals surface area contributed by atoms with Gasteiger partial charge in [-0.2, -0.15) is 0 Å². The van der Waals surface area contributed by atoms with Crippen molar-refractivity contribution in [1.82, 2.24) is 4.90 Å². The molecule has 2 aromatic carbocycles. The SMILES string of the molecule is CN1C=CC(/C=C/c2ccc(O)c3ccccc23)=CC1. The van der Waals surface area contributed by atoms with Gasteiger partial charge in [0.1, 0.15) is 5.75 Å². The van der Waals surface area contributed by atoms with Crippen LogP contribution in [0.1, 0.15) is 5.56 Å². The maximum Gasteiger partial charge on any atom is 0.123 e. The number of phenolic OH excluding ortho intramolecular Hbond substituents is 1. The third kappa shape index (κ3) is 2.45. The molecular weight excluding hydrogens is 246 g/mol. The summed E-state index contributed by atoms with van der Waals surface area (Å²) in [5.41, 5.74) is 2.33. The third-order valence-corrected chi connectivity index (χ3v) is 3.53. The number of hydrogen-bond donors (Lipinski definition) is 1. The van der Waals surface area contributed by atoms with Gasteiger partial charge in [0.05, 0.1) is 0 Å². The highest BCUT2D eigenvalue weighted by atomic mass is 16.3. The lowest BCUT2D eigenvalue weighted by atomic mass is 10.0. The summed E-state index contributed by atoms with van der Waals surface area (Å²) in [6, 6.07) is 11.6. The average Bonchev–Trinajstić information content (AvgIpc) is 2.49. The van der Waals surface area contributed by atoms with Crippen LogP contribution in [-0.4, -0.2) is 23.6 Å². The molecule has 0 amide bonds. The molecule has 0 saturated carbocycles. The van der Waals surface area contributed by atoms with E-state index in [9.17, 15) is 5.11 Å². The lowest BCUT2D eigenvalue weighted by Gasteiger charge is -2.15. The van der Waals surface area contributed by atoms with Gasteiger partial charge in [0.15, 0.2) is 0 Å². The quantitative estimate of drug-likeness (QED) is 0.887. The van der Waals surface area contributed by atoms with Crippen molar-refractivity contribution in [1.29, 1.82) is 0 Å². The van der Waals surface area contributed by atoms with E-state index in [1.165, 1.54) is 5.57 Å². The molecule has 20 heavy (non-hydrogen) atoms. The van der Waals surface area contributed by atoms with Gasteiger partial charge < -0.3 is 10.0 Å². The molecule has 0 aliphatic carbocycles. The first kappa shape index (κ1) is 12.5. The molecule has 0 saturated heterocycles. The first-order chi connectivity index (χ1) is 9.74. The average molecular weight is 263 g/mol. The molecule has 0 bridgehead atoms. The van der Waals surface area contributed by atoms with E-state index < -0.39 is 0 Å². The van der Waals surface area contributed by atoms with Gasteiger partial charge in [-0.1, -0.05) is 48.6 Å². The van der Waals surface area contributed by atoms with Crippen molar-refractivity contribution in [2.45, 2.75) is 0 Å². The van der Waals surface area contributed by atoms with Crippen molar-refractivity contribution in [2.75, 3.05) is 13.6 Å². The fourth-order valence-electron chi connectivity index (χ4n) is 2.35. The Hall–Kier alpha value is -2.48. The molecule has 1 N–H and O–H groups in total. The Labute approximate surface area is 119 Å². The minimum absolute atomic E-state index is 0.330. The summed E-state index contributed by atoms with van der Waals surface area (Å²) in [6.07, 6.45) is 10.6. The van der Waals surface area contributed by atoms with E-state index in [0.29, 0.717) is 5.75 Å². The van der Waals surface area contributed by atoms with Crippen LogP contribution in [-0.2, 0) is 0 Å². The zero-order chi connectivity index (χ0) is 13.9. The van der Waals surface area contributed by atoms with Crippen LogP contribution in [0.15, 0.2) is 66.4 Å². The third-order valence-electron chi connectivity index (χ3n) is 3.53. The molecule has 0 spiro atoms. The second-order valence-electron chi connectivity index (χ2n) is 5.01. The first-order valence-electron chi connectivity index (χ1n) is 6.71. The molecule has 2 aromatic rings. The predicted octanol–water partition coefficient (Wildman–Crippen LogP) is 3.94. The summed E-state index contributed by atoms with van der Waals surface area (Å²) in [5, 5.41) is 11.9. The summed E-state index contributed by atoms with van der Waals surface area (Å²) >= 11 is 0. The van der Waals surface area contributed by atoms with Crippen LogP contribution in [0.2, 0.25) is 0 Å². The highest BCUT2D eigenvalue weighted by molar-refractivity contribution is 5.94. The molecule has 0 unspecified atom stereocenters. The van der Waals surface area contributed by atoms with Crippen LogP contribution < -0.4 is 0 Å². The summed E-state index contributed by atoms with van der Waals surface area (Å²) < 4.78 is 0. The molecular formula is C18H17NO. The molecule has 1 aliphatic heterocycles. The molecule has 1 heterocycles. The van der Waals surface area contributed by atoms with Crippen LogP contribution in [0.5, 0.6) is 5.75 Å². The largest absolute Gasteiger partial charge is 0.507 e. The van der Waals surface area contributed by atoms with Gasteiger partial charge in [0, 0.05) is 19.0 Å². The van der Waals surface area contributed by atoms with Gasteiger partial charge in [0.25, 0.3) is 0 Å². The fourth-order valence-corrected chi connectivity index (χ4v) is 2.35. The van der Waals surface area contributed by atoms with E-state index in [4.69, 9.17) is 0 Å². The van der Waals surface area contributed by atoms with Gasteiger partial charge in [0.2, 0.25) is 0 Å². The van der Waals surface area contributed by atoms with E-state index in [2.05, 4.69) is 42.5 Å². The number of benzene rings is 2. The number of nitrogens with zero attached hydrogens (tertiary/aromatic N) is 1. The standard InChI is InChI=1S/C18H17NO/c1-19-12-10-14(11-13-19)6-7-15-8-9-18(20)17-5-3-2-4-16(15)17/h2-12,20H,13H2,1H3/b7-6+. The lowest BCUT2D eigenvalue weighted by Crippen LogP contribution is -2.12. The van der Waals surface area contributed by atoms with Gasteiger partial charge in [-0.15, -0.1) is 0 Å². The Bertz CT molecular complexity index is 725. The number of likely N-dealkylation sites (N-methyl/N-ethyl adjacent to an activating group) is 1. The van der Waals surface area contributed by atoms with Crippen LogP contribution in [0.4, 0.5) is 0 Å². The topological polar surface area (TPSA) is 23.5 Å². The van der Waals surface area contributed by atoms with Crippen LogP contribution in [0.25, 0.3) is 16.8 Å². The second kappa shape index (κ2) is 5.25. The second-order valence-corrected chi connectivity index (χ2v) is 5.01. The number of rotatable bonds is 2. The summed E-state index contributed by atoms with van der Waals surface area (Å²) in [6.45, 7) is 0.937. The molecule has 1 aliphatic rings. The summed E-state index contributed by atoms with van der Waals surface area (Å²) in [5.74, 6) is 0.330. The minimum Gasteiger partial charge on any atom is -0.507 e. The maximum absolute atomic E-state index is 9.89. The smallest absolute Gasteiger partial charge is 0.123 e. The summed E-state index contributed by atoms with van der Waals surface area (Å²) in [4.78, 5) is 2.13. The molecule has 100 valence electrons. The van der Waals surface area contributed by atoms with E-state index in [0.717, 1.165) is 22.9 Å². The number of aromatic hydroxyl groups is 1. The maximum atomic E-state index is 9.89. The number of hydrogen-bond acceptors (Lipinski definition) is 2. The van der Waals surface area contributed by atoms with Crippen molar-refractivity contribution < 1.29 is 5.11 Å². The summed E-state index contributed by atoms with van der Waals surface area (Å²) in [7, 11) is 2.06. The highest BCUT2D eigenvalue weighted by Gasteiger charge is 2.02. The van der Waals surface area contributed by atoms with Gasteiger partial charge in [-0.05, 0) is 34.9 Å². The van der Waals surface area contributed by atoms with Crippen molar-refractivity contribution in [2.24, 2.45) is 0 Å². The van der Waals surface area contributed by atoms with E-state index in [1.807, 2.05) is 30.3 Å². The van der Waals surface area contributed by atoms with Crippen LogP contribution >= 0.6 is 0 Å². The minimum atomic E-state index is 0.330. The Morgan fingerprint density at radius 1 is 1.05 bits per heavy atom. The van der Waals surface area contributed by atoms with Crippen molar-refractivity contribution in [3.05, 3.63) is 72.0 Å².